The lowest BCUT2D eigenvalue weighted by atomic mass is 9.93. The Bertz CT molecular complexity index is 1380. The number of nitrogens with zero attached hydrogens (tertiary/aromatic N) is 3. The van der Waals surface area contributed by atoms with E-state index < -0.39 is 5.54 Å². The van der Waals surface area contributed by atoms with Crippen LogP contribution in [0.25, 0.3) is 11.5 Å². The molecule has 1 atom stereocenters. The summed E-state index contributed by atoms with van der Waals surface area (Å²) in [5, 5.41) is 8.23. The fourth-order valence-electron chi connectivity index (χ4n) is 4.37. The number of amides is 2. The van der Waals surface area contributed by atoms with Gasteiger partial charge in [0.25, 0.3) is 5.91 Å². The van der Waals surface area contributed by atoms with Gasteiger partial charge < -0.3 is 14.6 Å². The van der Waals surface area contributed by atoms with Crippen LogP contribution >= 0.6 is 11.6 Å². The summed E-state index contributed by atoms with van der Waals surface area (Å²) < 4.78 is 7.08. The Labute approximate surface area is 208 Å². The van der Waals surface area contributed by atoms with Crippen LogP contribution in [0.2, 0.25) is 5.02 Å². The SMILES string of the molecule is Cc1ccccc1CN1C(=O)c2cc(-c3ccco3)nn2C[C@@]1(C)C(=O)NCc1ccc(Cl)cc1. The zero-order valence-corrected chi connectivity index (χ0v) is 20.2. The van der Waals surface area contributed by atoms with E-state index >= 15 is 0 Å². The van der Waals surface area contributed by atoms with E-state index in [2.05, 4.69) is 10.4 Å². The molecule has 0 aliphatic carbocycles. The molecule has 2 aromatic heterocycles. The monoisotopic (exact) mass is 488 g/mol. The quantitative estimate of drug-likeness (QED) is 0.421. The van der Waals surface area contributed by atoms with Crippen LogP contribution in [0.1, 0.15) is 34.1 Å². The standard InChI is InChI=1S/C27H25ClN4O3/c1-18-6-3-4-7-20(18)16-31-25(33)23-14-22(24-8-5-13-35-24)30-32(23)17-27(31,2)26(34)29-15-19-9-11-21(28)12-10-19/h3-14H,15-17H2,1-2H3,(H,29,34)/t27-/m0/s1. The van der Waals surface area contributed by atoms with Gasteiger partial charge in [0.05, 0.1) is 12.8 Å². The summed E-state index contributed by atoms with van der Waals surface area (Å²) in [6.45, 7) is 4.63. The van der Waals surface area contributed by atoms with Crippen molar-refractivity contribution in [2.45, 2.75) is 39.0 Å². The van der Waals surface area contributed by atoms with Crippen LogP contribution in [0.4, 0.5) is 0 Å². The maximum absolute atomic E-state index is 13.8. The van der Waals surface area contributed by atoms with Gasteiger partial charge in [-0.1, -0.05) is 48.0 Å². The molecule has 0 radical (unpaired) electrons. The first-order valence-corrected chi connectivity index (χ1v) is 11.7. The lowest BCUT2D eigenvalue weighted by Gasteiger charge is -2.43. The lowest BCUT2D eigenvalue weighted by molar-refractivity contribution is -0.133. The Hall–Kier alpha value is -3.84. The number of furan rings is 1. The van der Waals surface area contributed by atoms with Crippen LogP contribution < -0.4 is 5.32 Å². The molecule has 8 heteroatoms. The minimum absolute atomic E-state index is 0.215. The van der Waals surface area contributed by atoms with Gasteiger partial charge in [-0.2, -0.15) is 5.10 Å². The molecule has 0 saturated heterocycles. The molecule has 3 heterocycles. The first-order chi connectivity index (χ1) is 16.8. The van der Waals surface area contributed by atoms with E-state index in [0.29, 0.717) is 35.3 Å². The summed E-state index contributed by atoms with van der Waals surface area (Å²) in [6.07, 6.45) is 1.56. The van der Waals surface area contributed by atoms with Crippen LogP contribution in [0, 0.1) is 6.92 Å². The van der Waals surface area contributed by atoms with Crippen molar-refractivity contribution >= 4 is 23.4 Å². The fraction of sp³-hybridized carbons (Fsp3) is 0.222. The molecule has 35 heavy (non-hydrogen) atoms. The molecule has 0 spiro atoms. The van der Waals surface area contributed by atoms with E-state index in [1.165, 1.54) is 0 Å². The lowest BCUT2D eigenvalue weighted by Crippen LogP contribution is -2.63. The predicted octanol–water partition coefficient (Wildman–Crippen LogP) is 4.84. The molecule has 1 aliphatic heterocycles. The Balaban J connectivity index is 1.49. The summed E-state index contributed by atoms with van der Waals surface area (Å²) in [7, 11) is 0. The van der Waals surface area contributed by atoms with E-state index in [4.69, 9.17) is 16.0 Å². The number of rotatable bonds is 6. The molecule has 0 saturated carbocycles. The van der Waals surface area contributed by atoms with Gasteiger partial charge in [-0.25, -0.2) is 0 Å². The highest BCUT2D eigenvalue weighted by Gasteiger charge is 2.48. The summed E-state index contributed by atoms with van der Waals surface area (Å²) >= 11 is 5.98. The molecule has 5 rings (SSSR count). The first kappa shape index (κ1) is 22.9. The van der Waals surface area contributed by atoms with Gasteiger partial charge in [0, 0.05) is 24.2 Å². The minimum atomic E-state index is -1.16. The number of carbonyl (C=O) groups is 2. The molecule has 2 aromatic carbocycles. The van der Waals surface area contributed by atoms with Crippen molar-refractivity contribution < 1.29 is 14.0 Å². The summed E-state index contributed by atoms with van der Waals surface area (Å²) in [6, 6.07) is 20.5. The van der Waals surface area contributed by atoms with Gasteiger partial charge in [0.15, 0.2) is 5.76 Å². The second-order valence-electron chi connectivity index (χ2n) is 8.95. The van der Waals surface area contributed by atoms with Crippen molar-refractivity contribution in [3.8, 4) is 11.5 Å². The van der Waals surface area contributed by atoms with Crippen LogP contribution in [-0.4, -0.2) is 32.0 Å². The van der Waals surface area contributed by atoms with E-state index in [1.54, 1.807) is 53.1 Å². The van der Waals surface area contributed by atoms with Crippen molar-refractivity contribution in [3.05, 3.63) is 100 Å². The zero-order chi connectivity index (χ0) is 24.6. The normalized spacial score (nSPS) is 17.3. The molecule has 7 nitrogen and oxygen atoms in total. The highest BCUT2D eigenvalue weighted by molar-refractivity contribution is 6.30. The van der Waals surface area contributed by atoms with Crippen molar-refractivity contribution in [1.29, 1.82) is 0 Å². The number of hydrogen-bond acceptors (Lipinski definition) is 4. The minimum Gasteiger partial charge on any atom is -0.463 e. The molecule has 1 N–H and O–H groups in total. The second kappa shape index (κ2) is 9.07. The Morgan fingerprint density at radius 3 is 2.63 bits per heavy atom. The summed E-state index contributed by atoms with van der Waals surface area (Å²) in [5.74, 6) is 0.0584. The van der Waals surface area contributed by atoms with Crippen molar-refractivity contribution in [3.63, 3.8) is 0 Å². The average Bonchev–Trinajstić information content (AvgIpc) is 3.52. The molecule has 2 amide bonds. The van der Waals surface area contributed by atoms with Crippen molar-refractivity contribution in [2.75, 3.05) is 0 Å². The summed E-state index contributed by atoms with van der Waals surface area (Å²) in [5.41, 5.74) is 2.77. The third-order valence-corrected chi connectivity index (χ3v) is 6.77. The molecule has 1 aliphatic rings. The maximum atomic E-state index is 13.8. The number of fused-ring (bicyclic) bond motifs is 1. The van der Waals surface area contributed by atoms with Crippen LogP contribution in [0.3, 0.4) is 0 Å². The molecular formula is C27H25ClN4O3. The summed E-state index contributed by atoms with van der Waals surface area (Å²) in [4.78, 5) is 29.1. The molecular weight excluding hydrogens is 464 g/mol. The Morgan fingerprint density at radius 1 is 1.14 bits per heavy atom. The predicted molar refractivity (Wildman–Crippen MR) is 133 cm³/mol. The number of aromatic nitrogens is 2. The largest absolute Gasteiger partial charge is 0.463 e. The van der Waals surface area contributed by atoms with Crippen LogP contribution in [0.5, 0.6) is 0 Å². The van der Waals surface area contributed by atoms with Gasteiger partial charge >= 0.3 is 0 Å². The number of hydrogen-bond donors (Lipinski definition) is 1. The van der Waals surface area contributed by atoms with E-state index in [-0.39, 0.29) is 18.4 Å². The Morgan fingerprint density at radius 2 is 1.91 bits per heavy atom. The first-order valence-electron chi connectivity index (χ1n) is 11.4. The second-order valence-corrected chi connectivity index (χ2v) is 9.39. The van der Waals surface area contributed by atoms with E-state index in [0.717, 1.165) is 16.7 Å². The molecule has 178 valence electrons. The Kier molecular flexibility index (Phi) is 5.94. The smallest absolute Gasteiger partial charge is 0.273 e. The van der Waals surface area contributed by atoms with Gasteiger partial charge in [-0.05, 0) is 54.8 Å². The third kappa shape index (κ3) is 4.35. The van der Waals surface area contributed by atoms with Crippen molar-refractivity contribution in [2.24, 2.45) is 0 Å². The number of nitrogens with one attached hydrogen (secondary N) is 1. The molecule has 4 aromatic rings. The average molecular weight is 489 g/mol. The van der Waals surface area contributed by atoms with Gasteiger partial charge in [-0.15, -0.1) is 0 Å². The number of halogens is 1. The van der Waals surface area contributed by atoms with Crippen molar-refractivity contribution in [1.82, 2.24) is 20.0 Å². The molecule has 0 fully saturated rings. The van der Waals surface area contributed by atoms with Crippen LogP contribution in [-0.2, 0) is 24.4 Å². The highest BCUT2D eigenvalue weighted by Crippen LogP contribution is 2.32. The van der Waals surface area contributed by atoms with Gasteiger partial charge in [0.2, 0.25) is 5.91 Å². The van der Waals surface area contributed by atoms with E-state index in [9.17, 15) is 9.59 Å². The third-order valence-electron chi connectivity index (χ3n) is 6.52. The zero-order valence-electron chi connectivity index (χ0n) is 19.5. The number of carbonyl (C=O) groups excluding carboxylic acids is 2. The number of benzene rings is 2. The van der Waals surface area contributed by atoms with Gasteiger partial charge in [0.1, 0.15) is 16.9 Å². The molecule has 0 bridgehead atoms. The van der Waals surface area contributed by atoms with Gasteiger partial charge in [-0.3, -0.25) is 14.3 Å². The molecule has 0 unspecified atom stereocenters. The maximum Gasteiger partial charge on any atom is 0.273 e. The highest BCUT2D eigenvalue weighted by atomic mass is 35.5. The number of aryl methyl sites for hydroxylation is 1. The fourth-order valence-corrected chi connectivity index (χ4v) is 4.49. The van der Waals surface area contributed by atoms with E-state index in [1.807, 2.05) is 43.3 Å². The van der Waals surface area contributed by atoms with Crippen LogP contribution in [0.15, 0.2) is 77.4 Å². The topological polar surface area (TPSA) is 80.4 Å².